The molecule has 106 heavy (non-hydrogen) atoms. The second-order valence-corrected chi connectivity index (χ2v) is 27.8. The monoisotopic (exact) mass is 1480 g/mol. The lowest BCUT2D eigenvalue weighted by Gasteiger charge is -2.25. The number of aliphatic carboxylic acids is 2. The number of phenolic OH excluding ortho intramolecular Hbond substituents is 1. The molecule has 0 bridgehead atoms. The molecule has 4 rings (SSSR count). The summed E-state index contributed by atoms with van der Waals surface area (Å²) in [5.41, 5.74) is 25.5. The molecule has 0 radical (unpaired) electrons. The molecule has 6 atom stereocenters. The van der Waals surface area contributed by atoms with Crippen LogP contribution in [0.25, 0.3) is 20.9 Å². The Balaban J connectivity index is 0.000000899. The van der Waals surface area contributed by atoms with E-state index < -0.39 is 107 Å². The summed E-state index contributed by atoms with van der Waals surface area (Å²) < 4.78 is 21.8. The van der Waals surface area contributed by atoms with Crippen LogP contribution in [-0.2, 0) is 86.4 Å². The van der Waals surface area contributed by atoms with E-state index in [2.05, 4.69) is 82.0 Å². The van der Waals surface area contributed by atoms with Crippen LogP contribution in [0.2, 0.25) is 0 Å². The van der Waals surface area contributed by atoms with Crippen LogP contribution in [0.4, 0.5) is 0 Å². The third-order valence-electron chi connectivity index (χ3n) is 16.2. The van der Waals surface area contributed by atoms with Crippen LogP contribution >= 0.6 is 0 Å². The normalized spacial score (nSPS) is 12.4. The molecular weight excluding hydrogens is 1360 g/mol. The number of rotatable bonds is 43. The number of ether oxygens (including phenoxy) is 4. The zero-order valence-corrected chi connectivity index (χ0v) is 64.3. The van der Waals surface area contributed by atoms with Gasteiger partial charge in [0, 0.05) is 80.4 Å². The molecule has 582 valence electrons. The van der Waals surface area contributed by atoms with Gasteiger partial charge in [0.1, 0.15) is 35.3 Å². The van der Waals surface area contributed by atoms with Gasteiger partial charge in [0.15, 0.2) is 11.6 Å². The molecule has 7 N–H and O–H groups in total. The molecule has 0 aliphatic rings. The van der Waals surface area contributed by atoms with Crippen LogP contribution in [0.3, 0.4) is 0 Å². The van der Waals surface area contributed by atoms with Gasteiger partial charge < -0.3 is 65.1 Å². The number of carbonyl (C=O) groups excluding carboxylic acids is 9. The Morgan fingerprint density at radius 2 is 0.915 bits per heavy atom. The minimum Gasteiger partial charge on any atom is -0.508 e. The molecule has 0 saturated heterocycles. The number of aromatic hydroxyl groups is 1. The summed E-state index contributed by atoms with van der Waals surface area (Å²) >= 11 is 0. The highest BCUT2D eigenvalue weighted by Crippen LogP contribution is 2.25. The summed E-state index contributed by atoms with van der Waals surface area (Å²) in [5.74, 6) is -9.08. The highest BCUT2D eigenvalue weighted by molar-refractivity contribution is 5.96. The molecule has 0 heterocycles. The summed E-state index contributed by atoms with van der Waals surface area (Å²) in [6.45, 7) is 28.9. The molecule has 0 aromatic heterocycles. The SMILES string of the molecule is CC(=O)C[C@@H](Cc1ccc(O)cc1)C(=O)N[C@H](CC(C)C)C(=O)C[C@@H](CC(=O)O)C(=O)NCCOCCN=[N+]=[N-].CC(=O)C[C@@H](Cc1ccc(OCc2ccccc2)cc1)C(=O)N[C@H](CC(C)C)C(=O)C[C@@H](CC(=O)OC(C)(C)C)C(=O)NCCOCCN=[N+]=[N-].CC(=O)O.Cc1cc(C)c(C)c(C)c1C. The van der Waals surface area contributed by atoms with E-state index in [4.69, 9.17) is 39.9 Å². The molecule has 4 aromatic rings. The van der Waals surface area contributed by atoms with E-state index in [0.717, 1.165) is 23.6 Å². The molecule has 0 saturated carbocycles. The lowest BCUT2D eigenvalue weighted by molar-refractivity contribution is -0.157. The minimum atomic E-state index is -1.25. The number of ketones is 4. The van der Waals surface area contributed by atoms with Gasteiger partial charge in [-0.25, -0.2) is 0 Å². The predicted octanol–water partition coefficient (Wildman–Crippen LogP) is 11.6. The van der Waals surface area contributed by atoms with Crippen LogP contribution in [-0.4, -0.2) is 150 Å². The Hall–Kier alpha value is -10.0. The summed E-state index contributed by atoms with van der Waals surface area (Å²) in [6.07, 6.45) is -0.671. The van der Waals surface area contributed by atoms with Crippen molar-refractivity contribution in [3.63, 3.8) is 0 Å². The van der Waals surface area contributed by atoms with Crippen molar-refractivity contribution < 1.29 is 87.0 Å². The number of carbonyl (C=O) groups is 11. The average Bonchev–Trinajstić information content (AvgIpc) is 0.846. The van der Waals surface area contributed by atoms with Gasteiger partial charge in [-0.2, -0.15) is 0 Å². The van der Waals surface area contributed by atoms with Crippen molar-refractivity contribution in [3.8, 4) is 11.5 Å². The molecule has 4 aromatic carbocycles. The van der Waals surface area contributed by atoms with Gasteiger partial charge in [0.2, 0.25) is 23.6 Å². The van der Waals surface area contributed by atoms with Crippen molar-refractivity contribution in [2.75, 3.05) is 52.6 Å². The number of esters is 1. The standard InChI is InChI=1S/C38H53N5O8.C27H39N5O8.C11H16.C2H4O2/c1-26(2)20-33(34(45)23-31(24-35(46)51-38(4,5)6)36(47)40-16-18-49-19-17-41-43-39)42-37(48)30(21-27(3)44)22-28-12-14-32(15-13-28)50-25-29-10-8-7-9-11-29;1-17(2)12-23(31-27(39)20(13-18(3)33)14-19-4-6-22(34)7-5-19)24(35)15-21(16-25(36)37)26(38)29-8-10-40-11-9-30-32-28;1-7-6-8(2)10(4)11(5)9(7)3;1-2(3)4/h7-15,26,30-31,33H,16-25H2,1-6H3,(H,40,47)(H,42,48);4-7,17,20-21,23,34H,8-16H2,1-3H3,(H,29,38)(H,31,39)(H,36,37);6H,1-5H3;1H3,(H,3,4)/t30-,31-,33+;20-,21-,23+;;/m00../s1. The summed E-state index contributed by atoms with van der Waals surface area (Å²) in [5, 5.41) is 43.8. The van der Waals surface area contributed by atoms with E-state index in [1.54, 1.807) is 32.9 Å². The number of carboxylic acids is 2. The molecule has 0 aliphatic carbocycles. The molecule has 28 heteroatoms. The number of benzene rings is 4. The quantitative estimate of drug-likeness (QED) is 0.00711. The molecular formula is C78H112N10O18. The highest BCUT2D eigenvalue weighted by Gasteiger charge is 2.35. The van der Waals surface area contributed by atoms with Crippen molar-refractivity contribution in [2.24, 2.45) is 45.7 Å². The number of nitrogens with zero attached hydrogens (tertiary/aromatic N) is 6. The average molecular weight is 1480 g/mol. The Bertz CT molecular complexity index is 3540. The number of phenols is 1. The maximum absolute atomic E-state index is 13.8. The van der Waals surface area contributed by atoms with Gasteiger partial charge in [-0.05, 0) is 187 Å². The van der Waals surface area contributed by atoms with Crippen molar-refractivity contribution in [1.29, 1.82) is 0 Å². The number of hydrogen-bond acceptors (Lipinski definition) is 18. The maximum Gasteiger partial charge on any atom is 0.307 e. The number of carboxylic acid groups (broad SMARTS) is 2. The Morgan fingerprint density at radius 1 is 0.509 bits per heavy atom. The number of nitrogens with one attached hydrogen (secondary N) is 4. The Kier molecular flexibility index (Phi) is 45.4. The Labute approximate surface area is 622 Å². The zero-order chi connectivity index (χ0) is 80.1. The third kappa shape index (κ3) is 42.7. The topological polar surface area (TPSA) is 431 Å². The zero-order valence-electron chi connectivity index (χ0n) is 64.3. The van der Waals surface area contributed by atoms with Gasteiger partial charge in [-0.3, -0.25) is 43.2 Å². The van der Waals surface area contributed by atoms with Crippen LogP contribution in [0, 0.1) is 70.1 Å². The number of hydrogen-bond donors (Lipinski definition) is 7. The minimum absolute atomic E-state index is 0.00753. The van der Waals surface area contributed by atoms with Crippen LogP contribution in [0.1, 0.15) is 165 Å². The first-order valence-corrected chi connectivity index (χ1v) is 35.4. The first kappa shape index (κ1) is 94.0. The second kappa shape index (κ2) is 51.2. The van der Waals surface area contributed by atoms with E-state index in [9.17, 15) is 58.2 Å². The van der Waals surface area contributed by atoms with E-state index >= 15 is 0 Å². The van der Waals surface area contributed by atoms with Gasteiger partial charge in [-0.15, -0.1) is 0 Å². The van der Waals surface area contributed by atoms with E-state index in [1.807, 2.05) is 82.3 Å². The van der Waals surface area contributed by atoms with Gasteiger partial charge >= 0.3 is 11.9 Å². The molecule has 0 unspecified atom stereocenters. The number of amides is 4. The summed E-state index contributed by atoms with van der Waals surface area (Å²) in [6, 6.07) is 23.7. The molecule has 28 nitrogen and oxygen atoms in total. The van der Waals surface area contributed by atoms with Crippen molar-refractivity contribution >= 4 is 64.7 Å². The largest absolute Gasteiger partial charge is 0.508 e. The molecule has 0 aliphatic heterocycles. The van der Waals surface area contributed by atoms with Crippen molar-refractivity contribution in [3.05, 3.63) is 150 Å². The fraction of sp³-hybridized carbons (Fsp3) is 0.551. The lowest BCUT2D eigenvalue weighted by Crippen LogP contribution is -2.46. The van der Waals surface area contributed by atoms with Crippen LogP contribution < -0.4 is 26.0 Å². The molecule has 4 amide bonds. The summed E-state index contributed by atoms with van der Waals surface area (Å²) in [4.78, 5) is 142. The third-order valence-corrected chi connectivity index (χ3v) is 16.2. The van der Waals surface area contributed by atoms with E-state index in [0.29, 0.717) is 18.8 Å². The van der Waals surface area contributed by atoms with Crippen molar-refractivity contribution in [2.45, 2.75) is 192 Å². The highest BCUT2D eigenvalue weighted by atomic mass is 16.6. The molecule has 0 fully saturated rings. The Morgan fingerprint density at radius 3 is 1.29 bits per heavy atom. The first-order valence-electron chi connectivity index (χ1n) is 35.4. The summed E-state index contributed by atoms with van der Waals surface area (Å²) in [7, 11) is 0. The lowest BCUT2D eigenvalue weighted by atomic mass is 9.89. The van der Waals surface area contributed by atoms with Crippen LogP contribution in [0.15, 0.2) is 95.2 Å². The molecule has 0 spiro atoms. The predicted molar refractivity (Wildman–Crippen MR) is 401 cm³/mol. The first-order chi connectivity index (χ1) is 49.9. The van der Waals surface area contributed by atoms with Gasteiger partial charge in [-0.1, -0.05) is 98.6 Å². The smallest absolute Gasteiger partial charge is 0.307 e. The fourth-order valence-electron chi connectivity index (χ4n) is 10.7. The number of azide groups is 2. The number of aryl methyl sites for hydroxylation is 2. The van der Waals surface area contributed by atoms with Gasteiger partial charge in [0.25, 0.3) is 5.97 Å². The van der Waals surface area contributed by atoms with E-state index in [-0.39, 0.29) is 127 Å². The van der Waals surface area contributed by atoms with Crippen LogP contribution in [0.5, 0.6) is 11.5 Å². The van der Waals surface area contributed by atoms with E-state index in [1.165, 1.54) is 53.8 Å². The van der Waals surface area contributed by atoms with Gasteiger partial charge in [0.05, 0.1) is 63.2 Å². The maximum atomic E-state index is 13.8. The fourth-order valence-corrected chi connectivity index (χ4v) is 10.7. The second-order valence-electron chi connectivity index (χ2n) is 27.8. The van der Waals surface area contributed by atoms with Crippen molar-refractivity contribution in [1.82, 2.24) is 21.3 Å². The number of Topliss-reactive ketones (excluding diaryl/α,β-unsaturated/α-hetero) is 4.